The first-order chi connectivity index (χ1) is 3.83. The molecule has 0 fully saturated rings. The van der Waals surface area contributed by atoms with Crippen molar-refractivity contribution in [3.05, 3.63) is 0 Å². The van der Waals surface area contributed by atoms with Gasteiger partial charge >= 0.3 is 0 Å². The third-order valence-corrected chi connectivity index (χ3v) is 0.223. The van der Waals surface area contributed by atoms with Crippen LogP contribution in [0.3, 0.4) is 0 Å². The Morgan fingerprint density at radius 3 is 1.62 bits per heavy atom. The van der Waals surface area contributed by atoms with Crippen molar-refractivity contribution in [2.45, 2.75) is 27.2 Å². The van der Waals surface area contributed by atoms with Gasteiger partial charge in [-0.1, -0.05) is 25.5 Å². The van der Waals surface area contributed by atoms with Crippen molar-refractivity contribution in [2.24, 2.45) is 16.2 Å². The maximum Gasteiger partial charge on any atom is 0.0591 e. The van der Waals surface area contributed by atoms with E-state index in [1.54, 1.807) is 0 Å². The minimum Gasteiger partial charge on any atom is -0.305 e. The Hall–Kier alpha value is -0.600. The molecular formula is C5H15N3. The fraction of sp³-hybridized carbons (Fsp3) is 1.00. The highest BCUT2D eigenvalue weighted by atomic mass is 15.3. The lowest BCUT2D eigenvalue weighted by Crippen LogP contribution is -1.74. The molecule has 0 aromatic rings. The molecule has 0 aromatic carbocycles. The molecule has 0 amide bonds. The molecule has 0 spiro atoms. The van der Waals surface area contributed by atoms with Crippen molar-refractivity contribution < 1.29 is 0 Å². The van der Waals surface area contributed by atoms with Gasteiger partial charge in [-0.15, -0.1) is 0 Å². The molecule has 0 aliphatic heterocycles. The maximum atomic E-state index is 4.60. The number of hydrogen-bond donors (Lipinski definition) is 1. The zero-order valence-corrected chi connectivity index (χ0v) is 5.89. The summed E-state index contributed by atoms with van der Waals surface area (Å²) in [7, 11) is 0. The van der Waals surface area contributed by atoms with Crippen LogP contribution in [0.5, 0.6) is 0 Å². The second-order valence-corrected chi connectivity index (χ2v) is 1.28. The fourth-order valence-electron chi connectivity index (χ4n) is 0.0816. The van der Waals surface area contributed by atoms with E-state index in [1.165, 1.54) is 6.42 Å². The van der Waals surface area contributed by atoms with Gasteiger partial charge in [-0.25, -0.2) is 0 Å². The first kappa shape index (κ1) is 10.4. The third kappa shape index (κ3) is 53.3. The molecule has 50 valence electrons. The Morgan fingerprint density at radius 1 is 1.25 bits per heavy atom. The first-order valence-corrected chi connectivity index (χ1v) is 2.90. The van der Waals surface area contributed by atoms with E-state index in [4.69, 9.17) is 0 Å². The van der Waals surface area contributed by atoms with Crippen LogP contribution in [0.25, 0.3) is 0 Å². The summed E-state index contributed by atoms with van der Waals surface area (Å²) in [4.78, 5) is 0. The van der Waals surface area contributed by atoms with Crippen molar-refractivity contribution in [2.75, 3.05) is 6.54 Å². The molecule has 0 saturated carbocycles. The predicted octanol–water partition coefficient (Wildman–Crippen LogP) is 1.75. The molecule has 2 N–H and O–H groups in total. The zero-order valence-electron chi connectivity index (χ0n) is 5.89. The Morgan fingerprint density at radius 2 is 1.62 bits per heavy atom. The lowest BCUT2D eigenvalue weighted by Gasteiger charge is -1.66. The quantitative estimate of drug-likeness (QED) is 0.317. The van der Waals surface area contributed by atoms with Gasteiger partial charge in [0, 0.05) is 0 Å². The first-order valence-electron chi connectivity index (χ1n) is 2.90. The van der Waals surface area contributed by atoms with Crippen LogP contribution in [-0.2, 0) is 0 Å². The van der Waals surface area contributed by atoms with E-state index < -0.39 is 0 Å². The van der Waals surface area contributed by atoms with Crippen LogP contribution in [0.4, 0.5) is 0 Å². The van der Waals surface area contributed by atoms with E-state index in [1.807, 2.05) is 6.92 Å². The molecule has 0 unspecified atom stereocenters. The average Bonchev–Trinajstić information content (AvgIpc) is 1.71. The highest BCUT2D eigenvalue weighted by molar-refractivity contribution is 4.14. The summed E-state index contributed by atoms with van der Waals surface area (Å²) in [6.07, 6.45) is 1.25. The van der Waals surface area contributed by atoms with E-state index in [0.29, 0.717) is 6.54 Å². The van der Waals surface area contributed by atoms with Crippen LogP contribution in [0.15, 0.2) is 10.3 Å². The zero-order chi connectivity index (χ0) is 6.83. The van der Waals surface area contributed by atoms with E-state index in [0.717, 1.165) is 0 Å². The third-order valence-electron chi connectivity index (χ3n) is 0.223. The average molecular weight is 117 g/mol. The molecule has 0 radical (unpaired) electrons. The van der Waals surface area contributed by atoms with Gasteiger partial charge in [-0.05, 0) is 6.92 Å². The van der Waals surface area contributed by atoms with Gasteiger partial charge in [0.05, 0.1) is 6.54 Å². The molecule has 0 rings (SSSR count). The summed E-state index contributed by atoms with van der Waals surface area (Å²) < 4.78 is 0. The number of rotatable bonds is 1. The largest absolute Gasteiger partial charge is 0.305 e. The summed E-state index contributed by atoms with van der Waals surface area (Å²) in [5, 5.41) is 6.35. The minimum atomic E-state index is 0.677. The van der Waals surface area contributed by atoms with Gasteiger partial charge in [0.1, 0.15) is 0 Å². The van der Waals surface area contributed by atoms with Gasteiger partial charge in [0.15, 0.2) is 0 Å². The van der Waals surface area contributed by atoms with Crippen molar-refractivity contribution >= 4 is 0 Å². The van der Waals surface area contributed by atoms with Crippen LogP contribution in [0, 0.1) is 0 Å². The van der Waals surface area contributed by atoms with E-state index in [2.05, 4.69) is 30.0 Å². The fourth-order valence-corrected chi connectivity index (χ4v) is 0.0816. The molecule has 0 heterocycles. The Balaban J connectivity index is 0. The Bertz CT molecular complexity index is 42.9. The normalized spacial score (nSPS) is 8.38. The smallest absolute Gasteiger partial charge is 0.0591 e. The summed E-state index contributed by atoms with van der Waals surface area (Å²) in [6.45, 7) is 6.80. The summed E-state index contributed by atoms with van der Waals surface area (Å²) in [5.74, 6) is 4.60. The van der Waals surface area contributed by atoms with Crippen molar-refractivity contribution in [1.82, 2.24) is 0 Å². The standard InChI is InChI=1S/C3H8.C2H7N3/c1-3-2;1-2-4-5-3/h3H2,1-2H3;2H2,1H3,(H2,3,4). The molecule has 0 aliphatic rings. The number of nitrogens with two attached hydrogens (primary N) is 1. The molecule has 0 saturated heterocycles. The second-order valence-electron chi connectivity index (χ2n) is 1.28. The SMILES string of the molecule is CCC.CCN=NN. The summed E-state index contributed by atoms with van der Waals surface area (Å²) in [6, 6.07) is 0. The summed E-state index contributed by atoms with van der Waals surface area (Å²) in [5.41, 5.74) is 0. The molecule has 0 aliphatic carbocycles. The van der Waals surface area contributed by atoms with Gasteiger partial charge in [-0.3, -0.25) is 0 Å². The molecule has 0 bridgehead atoms. The molecule has 3 heteroatoms. The van der Waals surface area contributed by atoms with Gasteiger partial charge in [0.25, 0.3) is 0 Å². The highest BCUT2D eigenvalue weighted by Gasteiger charge is 1.52. The molecule has 0 atom stereocenters. The van der Waals surface area contributed by atoms with Crippen LogP contribution in [-0.4, -0.2) is 6.54 Å². The van der Waals surface area contributed by atoms with Gasteiger partial charge in [0.2, 0.25) is 0 Å². The molecule has 8 heavy (non-hydrogen) atoms. The second kappa shape index (κ2) is 16.1. The lowest BCUT2D eigenvalue weighted by atomic mass is 10.6. The predicted molar refractivity (Wildman–Crippen MR) is 35.5 cm³/mol. The highest BCUT2D eigenvalue weighted by Crippen LogP contribution is 1.59. The number of hydrogen-bond acceptors (Lipinski definition) is 2. The van der Waals surface area contributed by atoms with Crippen LogP contribution < -0.4 is 5.84 Å². The van der Waals surface area contributed by atoms with Crippen molar-refractivity contribution in [3.8, 4) is 0 Å². The van der Waals surface area contributed by atoms with Crippen LogP contribution >= 0.6 is 0 Å². The van der Waals surface area contributed by atoms with Crippen molar-refractivity contribution in [3.63, 3.8) is 0 Å². The van der Waals surface area contributed by atoms with E-state index >= 15 is 0 Å². The lowest BCUT2D eigenvalue weighted by molar-refractivity contribution is 0.927. The molecular weight excluding hydrogens is 102 g/mol. The van der Waals surface area contributed by atoms with Gasteiger partial charge < -0.3 is 5.84 Å². The monoisotopic (exact) mass is 117 g/mol. The topological polar surface area (TPSA) is 50.7 Å². The van der Waals surface area contributed by atoms with Crippen LogP contribution in [0.2, 0.25) is 0 Å². The summed E-state index contributed by atoms with van der Waals surface area (Å²) >= 11 is 0. The minimum absolute atomic E-state index is 0.677. The number of nitrogens with zero attached hydrogens (tertiary/aromatic N) is 2. The Kier molecular flexibility index (Phi) is 21.0. The maximum absolute atomic E-state index is 4.60. The van der Waals surface area contributed by atoms with E-state index in [-0.39, 0.29) is 0 Å². The van der Waals surface area contributed by atoms with Crippen molar-refractivity contribution in [1.29, 1.82) is 0 Å². The van der Waals surface area contributed by atoms with E-state index in [9.17, 15) is 0 Å². The van der Waals surface area contributed by atoms with Crippen LogP contribution in [0.1, 0.15) is 27.2 Å². The van der Waals surface area contributed by atoms with Gasteiger partial charge in [-0.2, -0.15) is 5.11 Å². The molecule has 0 aromatic heterocycles. The Labute approximate surface area is 51.0 Å². The molecule has 3 nitrogen and oxygen atoms in total.